The molecule has 0 spiro atoms. The molecule has 0 unspecified atom stereocenters. The van der Waals surface area contributed by atoms with Gasteiger partial charge in [-0.25, -0.2) is 0 Å². The molecule has 0 radical (unpaired) electrons. The van der Waals surface area contributed by atoms with Crippen LogP contribution in [0.2, 0.25) is 0 Å². The van der Waals surface area contributed by atoms with Crippen LogP contribution >= 0.6 is 0 Å². The van der Waals surface area contributed by atoms with E-state index in [9.17, 15) is 0 Å². The van der Waals surface area contributed by atoms with E-state index in [1.54, 1.807) is 0 Å². The molecule has 9 heteroatoms. The second kappa shape index (κ2) is 34.6. The molecule has 0 heterocycles. The van der Waals surface area contributed by atoms with Gasteiger partial charge in [-0.1, -0.05) is 0 Å². The summed E-state index contributed by atoms with van der Waals surface area (Å²) < 4.78 is 0. The number of hydrogen-bond donors (Lipinski definition) is 2. The molecule has 0 saturated heterocycles. The summed E-state index contributed by atoms with van der Waals surface area (Å²) >= 11 is 0. The number of rotatable bonds is 0. The predicted octanol–water partition coefficient (Wildman–Crippen LogP) is -5.07. The fraction of sp³-hybridized carbons (Fsp3) is 0. The van der Waals surface area contributed by atoms with Gasteiger partial charge in [-0.3, -0.25) is 18.8 Å². The van der Waals surface area contributed by atoms with E-state index in [2.05, 4.69) is 0 Å². The number of halogens is 4. The van der Waals surface area contributed by atoms with E-state index in [1.165, 1.54) is 0 Å². The molecular formula is H6BF4KO3. The van der Waals surface area contributed by atoms with Gasteiger partial charge in [-0.05, 0) is 0 Å². The van der Waals surface area contributed by atoms with Gasteiger partial charge in [0, 0.05) is 0 Å². The van der Waals surface area contributed by atoms with Crippen LogP contribution in [0.25, 0.3) is 0 Å². The first-order chi connectivity index (χ1) is 1.73. The Balaban J connectivity index is -0.00000000450. The quantitative estimate of drug-likeness (QED) is 0.289. The van der Waals surface area contributed by atoms with E-state index >= 15 is 0 Å². The van der Waals surface area contributed by atoms with Crippen LogP contribution in [-0.4, -0.2) is 17.4 Å². The van der Waals surface area contributed by atoms with Gasteiger partial charge in [-0.15, -0.1) is 0 Å². The summed E-state index contributed by atoms with van der Waals surface area (Å²) in [4.78, 5) is 0. The average molecular weight is 180 g/mol. The van der Waals surface area contributed by atoms with Crippen molar-refractivity contribution in [1.82, 2.24) is 0 Å². The Morgan fingerprint density at radius 1 is 0.889 bits per heavy atom. The largest absolute Gasteiger partial charge is 1.00 e. The molecule has 0 bridgehead atoms. The van der Waals surface area contributed by atoms with Gasteiger partial charge in [0.25, 0.3) is 0 Å². The molecule has 0 aromatic heterocycles. The van der Waals surface area contributed by atoms with Crippen molar-refractivity contribution in [3.8, 4) is 0 Å². The minimum atomic E-state index is -2.42. The van der Waals surface area contributed by atoms with Crippen LogP contribution in [0.3, 0.4) is 0 Å². The second-order valence-electron chi connectivity index (χ2n) is 0.326. The first-order valence-corrected chi connectivity index (χ1v) is 0.752. The molecular weight excluding hydrogens is 174 g/mol. The van der Waals surface area contributed by atoms with Crippen LogP contribution in [0.1, 0.15) is 0 Å². The third kappa shape index (κ3) is 293. The minimum Gasteiger partial charge on any atom is -0.832 e. The van der Waals surface area contributed by atoms with Crippen molar-refractivity contribution in [2.75, 3.05) is 0 Å². The van der Waals surface area contributed by atoms with Gasteiger partial charge in [0.2, 0.25) is 0 Å². The third-order valence-electron chi connectivity index (χ3n) is 0. The zero-order valence-corrected chi connectivity index (χ0v) is 7.64. The summed E-state index contributed by atoms with van der Waals surface area (Å²) in [5.41, 5.74) is 0. The molecule has 0 aromatic rings. The first-order valence-electron chi connectivity index (χ1n) is 0.752. The Labute approximate surface area is 91.5 Å². The molecule has 9 heavy (non-hydrogen) atoms. The van der Waals surface area contributed by atoms with Crippen molar-refractivity contribution in [2.24, 2.45) is 0 Å². The Morgan fingerprint density at radius 3 is 0.889 bits per heavy atom. The van der Waals surface area contributed by atoms with Crippen LogP contribution in [0.5, 0.6) is 0 Å². The summed E-state index contributed by atoms with van der Waals surface area (Å²) in [6, 6.07) is 0. The molecule has 0 aliphatic heterocycles. The topological polar surface area (TPSA) is 63.5 Å². The fourth-order valence-electron chi connectivity index (χ4n) is 0. The average Bonchev–Trinajstić information content (AvgIpc) is 0.811. The molecule has 2 N–H and O–H groups in total. The van der Waals surface area contributed by atoms with Gasteiger partial charge in [0.1, 0.15) is 0 Å². The summed E-state index contributed by atoms with van der Waals surface area (Å²) in [6.45, 7) is 0. The summed E-state index contributed by atoms with van der Waals surface area (Å²) in [6.07, 6.45) is 0. The van der Waals surface area contributed by atoms with E-state index in [1.807, 2.05) is 0 Å². The van der Waals surface area contributed by atoms with Crippen LogP contribution < -0.4 is 56.4 Å². The fourth-order valence-corrected chi connectivity index (χ4v) is 0. The molecule has 56 valence electrons. The van der Waals surface area contributed by atoms with Crippen LogP contribution in [0.4, 0.5) is 18.8 Å². The molecule has 3 nitrogen and oxygen atoms in total. The van der Waals surface area contributed by atoms with E-state index in [0.717, 1.165) is 0 Å². The normalized spacial score (nSPS) is 3.00. The molecule has 0 amide bonds. The molecule has 0 aromatic carbocycles. The summed E-state index contributed by atoms with van der Waals surface area (Å²) in [7, 11) is -2.42. The van der Waals surface area contributed by atoms with Crippen LogP contribution in [0, 0.1) is 0 Å². The molecule has 0 fully saturated rings. The van der Waals surface area contributed by atoms with Crippen molar-refractivity contribution in [1.29, 1.82) is 0 Å². The molecule has 0 aliphatic carbocycles. The zero-order chi connectivity index (χ0) is 3.58. The zero-order valence-electron chi connectivity index (χ0n) is 4.51. The Bertz CT molecular complexity index is 20.5. The monoisotopic (exact) mass is 180 g/mol. The van der Waals surface area contributed by atoms with Gasteiger partial charge < -0.3 is 15.1 Å². The molecule has 0 saturated carbocycles. The third-order valence-corrected chi connectivity index (χ3v) is 0. The van der Waals surface area contributed by atoms with Crippen LogP contribution in [0.15, 0.2) is 0 Å². The van der Waals surface area contributed by atoms with Crippen molar-refractivity contribution < 1.29 is 85.3 Å². The molecule has 0 aliphatic rings. The number of hydrogen-bond acceptors (Lipinski definition) is 3. The van der Waals surface area contributed by atoms with E-state index in [-0.39, 0.29) is 70.2 Å². The summed E-state index contributed by atoms with van der Waals surface area (Å²) in [5, 5.41) is 22.8. The molecule has 0 rings (SSSR count). The van der Waals surface area contributed by atoms with Crippen molar-refractivity contribution in [3.63, 3.8) is 0 Å². The van der Waals surface area contributed by atoms with Gasteiger partial charge >= 0.3 is 58.7 Å². The first kappa shape index (κ1) is 48.2. The van der Waals surface area contributed by atoms with E-state index < -0.39 is 7.32 Å². The maximum Gasteiger partial charge on any atom is 1.00 e. The Kier molecular flexibility index (Phi) is 185. The van der Waals surface area contributed by atoms with Gasteiger partial charge in [0.15, 0.2) is 0 Å². The van der Waals surface area contributed by atoms with E-state index in [0.29, 0.717) is 0 Å². The maximum atomic E-state index is 8.64. The Hall–Kier alpha value is 1.30. The maximum absolute atomic E-state index is 8.64. The standard InChI is InChI=1S/BH2O3.4FH.K/c2-1(3)4;;;;;/h2-3H;4*1H;/q-1;;;;;+1. The van der Waals surface area contributed by atoms with E-state index in [4.69, 9.17) is 15.1 Å². The predicted molar refractivity (Wildman–Crippen MR) is 20.2 cm³/mol. The van der Waals surface area contributed by atoms with Crippen molar-refractivity contribution in [3.05, 3.63) is 0 Å². The minimum absolute atomic E-state index is 0. The summed E-state index contributed by atoms with van der Waals surface area (Å²) in [5.74, 6) is 0. The van der Waals surface area contributed by atoms with Gasteiger partial charge in [-0.2, -0.15) is 0 Å². The smallest absolute Gasteiger partial charge is 0.832 e. The van der Waals surface area contributed by atoms with Crippen molar-refractivity contribution >= 4 is 7.32 Å². The van der Waals surface area contributed by atoms with Crippen LogP contribution in [-0.2, 0) is 0 Å². The SMILES string of the molecule is F.F.F.F.[K+].[O-]B(O)O. The molecule has 0 atom stereocenters. The Morgan fingerprint density at radius 2 is 0.889 bits per heavy atom. The van der Waals surface area contributed by atoms with Gasteiger partial charge in [0.05, 0.1) is 0 Å². The van der Waals surface area contributed by atoms with Crippen molar-refractivity contribution in [2.45, 2.75) is 0 Å². The second-order valence-corrected chi connectivity index (χ2v) is 0.326.